The lowest BCUT2D eigenvalue weighted by Crippen LogP contribution is -2.21. The molecule has 26 heavy (non-hydrogen) atoms. The molecule has 0 saturated carbocycles. The number of fused-ring (bicyclic) bond motifs is 1. The number of hydrogen-bond donors (Lipinski definition) is 0. The number of nitrogens with zero attached hydrogens (tertiary/aromatic N) is 4. The third-order valence-electron chi connectivity index (χ3n) is 4.08. The maximum Gasteiger partial charge on any atom is 0.287 e. The number of amides is 1. The number of aryl methyl sites for hydroxylation is 1. The standard InChI is InChI=1S/C20H15FN4O/c1-14-4-9-19-23-18(13-24(19)12-14)15-5-7-17(8-6-15)25(21)20(26)16-3-2-10-22-11-16/h2-13H,1H3. The van der Waals surface area contributed by atoms with Gasteiger partial charge >= 0.3 is 0 Å². The predicted octanol–water partition coefficient (Wildman–Crippen LogP) is 4.24. The van der Waals surface area contributed by atoms with Crippen molar-refractivity contribution in [2.75, 3.05) is 5.12 Å². The molecule has 6 heteroatoms. The summed E-state index contributed by atoms with van der Waals surface area (Å²) in [7, 11) is 0. The number of carbonyl (C=O) groups excluding carboxylic acids is 1. The van der Waals surface area contributed by atoms with Crippen LogP contribution < -0.4 is 5.12 Å². The lowest BCUT2D eigenvalue weighted by molar-refractivity contribution is 0.0931. The smallest absolute Gasteiger partial charge is 0.287 e. The zero-order valence-corrected chi connectivity index (χ0v) is 14.0. The molecule has 0 spiro atoms. The van der Waals surface area contributed by atoms with Crippen molar-refractivity contribution in [3.8, 4) is 11.3 Å². The number of carbonyl (C=O) groups is 1. The first-order valence-electron chi connectivity index (χ1n) is 8.08. The van der Waals surface area contributed by atoms with Crippen LogP contribution in [-0.4, -0.2) is 20.3 Å². The molecule has 0 unspecified atom stereocenters. The summed E-state index contributed by atoms with van der Waals surface area (Å²) in [5.74, 6) is -0.756. The van der Waals surface area contributed by atoms with Crippen molar-refractivity contribution in [3.63, 3.8) is 0 Å². The van der Waals surface area contributed by atoms with E-state index in [1.165, 1.54) is 18.5 Å². The summed E-state index contributed by atoms with van der Waals surface area (Å²) in [6.07, 6.45) is 6.79. The number of anilines is 1. The monoisotopic (exact) mass is 346 g/mol. The molecule has 0 aliphatic rings. The maximum absolute atomic E-state index is 14.4. The van der Waals surface area contributed by atoms with Crippen LogP contribution in [0.25, 0.3) is 16.9 Å². The van der Waals surface area contributed by atoms with Crippen LogP contribution in [0.3, 0.4) is 0 Å². The number of hydrogen-bond acceptors (Lipinski definition) is 3. The second-order valence-corrected chi connectivity index (χ2v) is 5.97. The van der Waals surface area contributed by atoms with E-state index >= 15 is 0 Å². The van der Waals surface area contributed by atoms with Crippen molar-refractivity contribution < 1.29 is 9.28 Å². The Morgan fingerprint density at radius 2 is 1.88 bits per heavy atom. The zero-order valence-electron chi connectivity index (χ0n) is 14.0. The SMILES string of the molecule is Cc1ccc2nc(-c3ccc(N(F)C(=O)c4cccnc4)cc3)cn2c1. The van der Waals surface area contributed by atoms with Gasteiger partial charge in [0.05, 0.1) is 16.9 Å². The quantitative estimate of drug-likeness (QED) is 0.522. The van der Waals surface area contributed by atoms with Crippen LogP contribution in [0.1, 0.15) is 15.9 Å². The molecule has 4 rings (SSSR count). The van der Waals surface area contributed by atoms with Gasteiger partial charge in [-0.05, 0) is 42.8 Å². The lowest BCUT2D eigenvalue weighted by atomic mass is 10.1. The minimum atomic E-state index is -0.756. The Morgan fingerprint density at radius 3 is 2.62 bits per heavy atom. The summed E-state index contributed by atoms with van der Waals surface area (Å²) in [6, 6.07) is 13.7. The van der Waals surface area contributed by atoms with Gasteiger partial charge in [0, 0.05) is 30.4 Å². The topological polar surface area (TPSA) is 50.5 Å². The summed E-state index contributed by atoms with van der Waals surface area (Å²) >= 11 is 0. The fourth-order valence-corrected chi connectivity index (χ4v) is 2.73. The van der Waals surface area contributed by atoms with Gasteiger partial charge in [0.1, 0.15) is 5.65 Å². The second kappa shape index (κ2) is 6.40. The van der Waals surface area contributed by atoms with Crippen molar-refractivity contribution in [1.82, 2.24) is 14.4 Å². The highest BCUT2D eigenvalue weighted by Crippen LogP contribution is 2.24. The average molecular weight is 346 g/mol. The first-order chi connectivity index (χ1) is 12.6. The van der Waals surface area contributed by atoms with E-state index in [0.29, 0.717) is 0 Å². The first kappa shape index (κ1) is 16.0. The second-order valence-electron chi connectivity index (χ2n) is 5.97. The van der Waals surface area contributed by atoms with Crippen LogP contribution in [0, 0.1) is 6.92 Å². The Bertz CT molecular complexity index is 1070. The van der Waals surface area contributed by atoms with E-state index in [-0.39, 0.29) is 16.4 Å². The molecule has 5 nitrogen and oxygen atoms in total. The molecule has 1 amide bonds. The molecule has 3 heterocycles. The van der Waals surface area contributed by atoms with Gasteiger partial charge in [0.15, 0.2) is 0 Å². The Kier molecular flexibility index (Phi) is 3.93. The number of rotatable bonds is 3. The summed E-state index contributed by atoms with van der Waals surface area (Å²) in [6.45, 7) is 2.02. The molecular formula is C20H15FN4O. The first-order valence-corrected chi connectivity index (χ1v) is 8.08. The fourth-order valence-electron chi connectivity index (χ4n) is 2.73. The summed E-state index contributed by atoms with van der Waals surface area (Å²) in [4.78, 5) is 20.5. The van der Waals surface area contributed by atoms with Gasteiger partial charge in [-0.2, -0.15) is 0 Å². The highest BCUT2D eigenvalue weighted by Gasteiger charge is 2.17. The Balaban J connectivity index is 1.60. The molecule has 0 saturated heterocycles. The van der Waals surface area contributed by atoms with Crippen molar-refractivity contribution in [2.45, 2.75) is 6.92 Å². The minimum Gasteiger partial charge on any atom is -0.306 e. The van der Waals surface area contributed by atoms with Gasteiger partial charge in [-0.3, -0.25) is 9.78 Å². The summed E-state index contributed by atoms with van der Waals surface area (Å²) in [5, 5.41) is 0.119. The average Bonchev–Trinajstić information content (AvgIpc) is 3.11. The van der Waals surface area contributed by atoms with Crippen molar-refractivity contribution >= 4 is 17.2 Å². The van der Waals surface area contributed by atoms with E-state index in [9.17, 15) is 9.28 Å². The molecule has 0 radical (unpaired) electrons. The normalized spacial score (nSPS) is 10.8. The number of pyridine rings is 2. The van der Waals surface area contributed by atoms with Crippen LogP contribution in [0.4, 0.5) is 10.2 Å². The van der Waals surface area contributed by atoms with E-state index in [0.717, 1.165) is 22.5 Å². The maximum atomic E-state index is 14.4. The molecule has 4 aromatic rings. The van der Waals surface area contributed by atoms with Crippen LogP contribution in [0.15, 0.2) is 73.3 Å². The number of halogens is 1. The highest BCUT2D eigenvalue weighted by molar-refractivity contribution is 6.04. The molecule has 1 aromatic carbocycles. The third-order valence-corrected chi connectivity index (χ3v) is 4.08. The molecule has 0 N–H and O–H groups in total. The predicted molar refractivity (Wildman–Crippen MR) is 97.5 cm³/mol. The van der Waals surface area contributed by atoms with E-state index in [4.69, 9.17) is 0 Å². The molecule has 0 aliphatic carbocycles. The molecule has 0 bridgehead atoms. The Hall–Kier alpha value is -3.54. The molecule has 0 fully saturated rings. The van der Waals surface area contributed by atoms with Gasteiger partial charge in [-0.15, -0.1) is 5.12 Å². The van der Waals surface area contributed by atoms with Crippen molar-refractivity contribution in [1.29, 1.82) is 0 Å². The number of aromatic nitrogens is 3. The van der Waals surface area contributed by atoms with Gasteiger partial charge in [-0.25, -0.2) is 4.98 Å². The molecule has 0 atom stereocenters. The van der Waals surface area contributed by atoms with E-state index < -0.39 is 5.91 Å². The summed E-state index contributed by atoms with van der Waals surface area (Å²) < 4.78 is 16.3. The Morgan fingerprint density at radius 1 is 1.08 bits per heavy atom. The molecule has 128 valence electrons. The van der Waals surface area contributed by atoms with E-state index in [1.807, 2.05) is 35.9 Å². The van der Waals surface area contributed by atoms with Crippen LogP contribution in [0.2, 0.25) is 0 Å². The fraction of sp³-hybridized carbons (Fsp3) is 0.0500. The Labute approximate surface area is 149 Å². The van der Waals surface area contributed by atoms with Crippen LogP contribution in [0.5, 0.6) is 0 Å². The molecule has 3 aromatic heterocycles. The lowest BCUT2D eigenvalue weighted by Gasteiger charge is -2.12. The minimum absolute atomic E-state index is 0.119. The zero-order chi connectivity index (χ0) is 18.1. The van der Waals surface area contributed by atoms with E-state index in [1.54, 1.807) is 30.3 Å². The largest absolute Gasteiger partial charge is 0.306 e. The van der Waals surface area contributed by atoms with Crippen molar-refractivity contribution in [3.05, 3.63) is 84.4 Å². The van der Waals surface area contributed by atoms with Crippen molar-refractivity contribution in [2.24, 2.45) is 0 Å². The van der Waals surface area contributed by atoms with Gasteiger partial charge in [0.25, 0.3) is 5.91 Å². The summed E-state index contributed by atoms with van der Waals surface area (Å²) in [5.41, 5.74) is 3.95. The van der Waals surface area contributed by atoms with E-state index in [2.05, 4.69) is 9.97 Å². The van der Waals surface area contributed by atoms with Gasteiger partial charge in [-0.1, -0.05) is 22.7 Å². The molecule has 0 aliphatic heterocycles. The number of imidazole rings is 1. The third kappa shape index (κ3) is 2.93. The highest BCUT2D eigenvalue weighted by atomic mass is 19.2. The van der Waals surface area contributed by atoms with Gasteiger partial charge < -0.3 is 4.40 Å². The van der Waals surface area contributed by atoms with Gasteiger partial charge in [0.2, 0.25) is 0 Å². The van der Waals surface area contributed by atoms with Crippen LogP contribution >= 0.6 is 0 Å². The van der Waals surface area contributed by atoms with Crippen LogP contribution in [-0.2, 0) is 0 Å². The number of benzene rings is 1. The molecular weight excluding hydrogens is 331 g/mol.